The number of hydrogen-bond donors (Lipinski definition) is 1. The van der Waals surface area contributed by atoms with Crippen LogP contribution in [-0.2, 0) is 26.1 Å². The predicted molar refractivity (Wildman–Crippen MR) is 127 cm³/mol. The second kappa shape index (κ2) is 10.1. The summed E-state index contributed by atoms with van der Waals surface area (Å²) in [6, 6.07) is 7.48. The van der Waals surface area contributed by atoms with Gasteiger partial charge in [0.05, 0.1) is 12.5 Å². The molecule has 1 saturated heterocycles. The molecule has 9 heteroatoms. The molecule has 2 heterocycles. The van der Waals surface area contributed by atoms with Crippen LogP contribution >= 0.6 is 0 Å². The summed E-state index contributed by atoms with van der Waals surface area (Å²) >= 11 is 0. The summed E-state index contributed by atoms with van der Waals surface area (Å²) < 4.78 is 35.8. The van der Waals surface area contributed by atoms with Crippen molar-refractivity contribution in [2.45, 2.75) is 58.9 Å². The highest BCUT2D eigenvalue weighted by molar-refractivity contribution is 7.89. The van der Waals surface area contributed by atoms with E-state index in [0.717, 1.165) is 5.56 Å². The van der Waals surface area contributed by atoms with E-state index >= 15 is 0 Å². The number of sulfonamides is 1. The fraction of sp³-hybridized carbons (Fsp3) is 0.500. The Kier molecular flexibility index (Phi) is 7.64. The van der Waals surface area contributed by atoms with Gasteiger partial charge in [-0.25, -0.2) is 13.2 Å². The molecule has 2 aromatic rings. The lowest BCUT2D eigenvalue weighted by Gasteiger charge is -2.31. The zero-order valence-corrected chi connectivity index (χ0v) is 20.8. The van der Waals surface area contributed by atoms with Gasteiger partial charge in [-0.15, -0.1) is 0 Å². The third kappa shape index (κ3) is 4.99. The van der Waals surface area contributed by atoms with Gasteiger partial charge < -0.3 is 14.6 Å². The van der Waals surface area contributed by atoms with Gasteiger partial charge in [-0.2, -0.15) is 4.31 Å². The largest absolute Gasteiger partial charge is 0.462 e. The Morgan fingerprint density at radius 3 is 2.36 bits per heavy atom. The quantitative estimate of drug-likeness (QED) is 0.617. The van der Waals surface area contributed by atoms with Crippen molar-refractivity contribution in [3.63, 3.8) is 0 Å². The Morgan fingerprint density at radius 2 is 1.76 bits per heavy atom. The molecule has 1 aliphatic rings. The number of rotatable bonds is 7. The summed E-state index contributed by atoms with van der Waals surface area (Å²) in [5.74, 6) is -1.33. The monoisotopic (exact) mass is 475 g/mol. The predicted octanol–water partition coefficient (Wildman–Crippen LogP) is 3.65. The van der Waals surface area contributed by atoms with Crippen molar-refractivity contribution in [3.05, 3.63) is 46.8 Å². The van der Waals surface area contributed by atoms with Gasteiger partial charge in [0.1, 0.15) is 10.5 Å². The summed E-state index contributed by atoms with van der Waals surface area (Å²) in [5, 5.41) is 2.89. The lowest BCUT2D eigenvalue weighted by atomic mass is 9.98. The van der Waals surface area contributed by atoms with Gasteiger partial charge in [0.2, 0.25) is 15.9 Å². The Balaban J connectivity index is 1.90. The fourth-order valence-electron chi connectivity index (χ4n) is 4.47. The van der Waals surface area contributed by atoms with Crippen molar-refractivity contribution in [2.75, 3.05) is 25.0 Å². The number of nitrogens with one attached hydrogen (secondary N) is 1. The molecule has 1 aliphatic heterocycles. The lowest BCUT2D eigenvalue weighted by Crippen LogP contribution is -2.44. The van der Waals surface area contributed by atoms with Crippen LogP contribution in [0.1, 0.15) is 54.0 Å². The topological polar surface area (TPSA) is 97.7 Å². The molecule has 0 bridgehead atoms. The van der Waals surface area contributed by atoms with Crippen LogP contribution in [-0.4, -0.2) is 48.9 Å². The molecule has 3 rings (SSSR count). The Labute approximate surface area is 196 Å². The molecule has 1 amide bonds. The standard InChI is InChI=1S/C24H33N3O5S/c1-6-27-17(4)21(24(29)32-7-2)22(18(27)5)33(30,31)26-14-8-9-19(15-26)23(28)25-20-12-10-16(3)11-13-20/h10-13,19H,6-9,14-15H2,1-5H3,(H,25,28)/t19-/m0/s1. The van der Waals surface area contributed by atoms with Crippen LogP contribution in [0.15, 0.2) is 29.2 Å². The van der Waals surface area contributed by atoms with Crippen LogP contribution in [0.25, 0.3) is 0 Å². The molecule has 1 N–H and O–H groups in total. The number of carbonyl (C=O) groups excluding carboxylic acids is 2. The molecule has 1 aromatic carbocycles. The van der Waals surface area contributed by atoms with Gasteiger partial charge in [0, 0.05) is 36.7 Å². The smallest absolute Gasteiger partial charge is 0.341 e. The Bertz CT molecular complexity index is 1140. The van der Waals surface area contributed by atoms with E-state index in [-0.39, 0.29) is 29.5 Å². The number of nitrogens with zero attached hydrogens (tertiary/aromatic N) is 2. The summed E-state index contributed by atoms with van der Waals surface area (Å²) in [6.45, 7) is 10.0. The molecule has 0 saturated carbocycles. The van der Waals surface area contributed by atoms with Gasteiger partial charge in [0.15, 0.2) is 0 Å². The average Bonchev–Trinajstić information content (AvgIpc) is 3.05. The highest BCUT2D eigenvalue weighted by Crippen LogP contribution is 2.33. The third-order valence-corrected chi connectivity index (χ3v) is 8.22. The molecule has 8 nitrogen and oxygen atoms in total. The summed E-state index contributed by atoms with van der Waals surface area (Å²) in [7, 11) is -4.01. The number of esters is 1. The van der Waals surface area contributed by atoms with Crippen molar-refractivity contribution in [1.29, 1.82) is 0 Å². The van der Waals surface area contributed by atoms with E-state index in [9.17, 15) is 18.0 Å². The molecule has 0 unspecified atom stereocenters. The molecule has 0 aliphatic carbocycles. The van der Waals surface area contributed by atoms with E-state index in [1.165, 1.54) is 4.31 Å². The van der Waals surface area contributed by atoms with E-state index in [1.54, 1.807) is 20.8 Å². The first-order valence-corrected chi connectivity index (χ1v) is 12.8. The number of aromatic nitrogens is 1. The van der Waals surface area contributed by atoms with Crippen molar-refractivity contribution >= 4 is 27.6 Å². The minimum absolute atomic E-state index is 0.0140. The first-order valence-electron chi connectivity index (χ1n) is 11.4. The highest BCUT2D eigenvalue weighted by Gasteiger charge is 2.39. The van der Waals surface area contributed by atoms with Crippen molar-refractivity contribution in [1.82, 2.24) is 8.87 Å². The van der Waals surface area contributed by atoms with Gasteiger partial charge in [-0.05, 0) is 59.6 Å². The first-order chi connectivity index (χ1) is 15.6. The molecule has 180 valence electrons. The van der Waals surface area contributed by atoms with E-state index in [0.29, 0.717) is 43.0 Å². The molecular formula is C24H33N3O5S. The number of amides is 1. The second-order valence-electron chi connectivity index (χ2n) is 8.40. The van der Waals surface area contributed by atoms with Crippen LogP contribution in [0.4, 0.5) is 5.69 Å². The third-order valence-electron chi connectivity index (χ3n) is 6.19. The van der Waals surface area contributed by atoms with Gasteiger partial charge in [0.25, 0.3) is 0 Å². The SMILES string of the molecule is CCOC(=O)c1c(S(=O)(=O)N2CCC[C@H](C(=O)Nc3ccc(C)cc3)C2)c(C)n(CC)c1C. The summed E-state index contributed by atoms with van der Waals surface area (Å²) in [6.07, 6.45) is 1.16. The maximum Gasteiger partial charge on any atom is 0.341 e. The number of aryl methyl sites for hydroxylation is 1. The zero-order chi connectivity index (χ0) is 24.3. The van der Waals surface area contributed by atoms with Gasteiger partial charge in [-0.3, -0.25) is 4.79 Å². The second-order valence-corrected chi connectivity index (χ2v) is 10.3. The normalized spacial score (nSPS) is 17.1. The number of anilines is 1. The maximum absolute atomic E-state index is 13.8. The van der Waals surface area contributed by atoms with E-state index in [1.807, 2.05) is 42.7 Å². The van der Waals surface area contributed by atoms with E-state index in [2.05, 4.69) is 5.32 Å². The molecule has 0 spiro atoms. The van der Waals surface area contributed by atoms with Gasteiger partial charge >= 0.3 is 5.97 Å². The van der Waals surface area contributed by atoms with Crippen LogP contribution in [0.2, 0.25) is 0 Å². The minimum atomic E-state index is -4.01. The van der Waals surface area contributed by atoms with E-state index < -0.39 is 21.9 Å². The van der Waals surface area contributed by atoms with Crippen molar-refractivity contribution in [2.24, 2.45) is 5.92 Å². The Hall–Kier alpha value is -2.65. The number of benzene rings is 1. The average molecular weight is 476 g/mol. The molecular weight excluding hydrogens is 442 g/mol. The zero-order valence-electron chi connectivity index (χ0n) is 20.0. The van der Waals surface area contributed by atoms with Crippen molar-refractivity contribution in [3.8, 4) is 0 Å². The summed E-state index contributed by atoms with van der Waals surface area (Å²) in [4.78, 5) is 25.6. The number of hydrogen-bond acceptors (Lipinski definition) is 5. The van der Waals surface area contributed by atoms with Gasteiger partial charge in [-0.1, -0.05) is 17.7 Å². The lowest BCUT2D eigenvalue weighted by molar-refractivity contribution is -0.120. The maximum atomic E-state index is 13.8. The molecule has 33 heavy (non-hydrogen) atoms. The van der Waals surface area contributed by atoms with Crippen LogP contribution < -0.4 is 5.32 Å². The van der Waals surface area contributed by atoms with Crippen molar-refractivity contribution < 1.29 is 22.7 Å². The van der Waals surface area contributed by atoms with Crippen LogP contribution in [0, 0.1) is 26.7 Å². The number of carbonyl (C=O) groups is 2. The molecule has 1 aromatic heterocycles. The number of piperidine rings is 1. The van der Waals surface area contributed by atoms with E-state index in [4.69, 9.17) is 4.74 Å². The van der Waals surface area contributed by atoms with Crippen LogP contribution in [0.5, 0.6) is 0 Å². The highest BCUT2D eigenvalue weighted by atomic mass is 32.2. The number of ether oxygens (including phenoxy) is 1. The fourth-order valence-corrected chi connectivity index (χ4v) is 6.45. The molecule has 1 fully saturated rings. The minimum Gasteiger partial charge on any atom is -0.462 e. The summed E-state index contributed by atoms with van der Waals surface area (Å²) in [5.41, 5.74) is 2.93. The first kappa shape index (κ1) is 25.0. The molecule has 0 radical (unpaired) electrons. The Morgan fingerprint density at radius 1 is 1.09 bits per heavy atom. The molecule has 1 atom stereocenters. The van der Waals surface area contributed by atoms with Crippen LogP contribution in [0.3, 0.4) is 0 Å².